The number of nitrogens with one attached hydrogen (secondary N) is 1. The molecule has 4 aliphatic rings. The first-order valence-corrected chi connectivity index (χ1v) is 10.9. The Balaban J connectivity index is 0.000000324. The van der Waals surface area contributed by atoms with E-state index in [4.69, 9.17) is 17.5 Å². The number of fused-ring (bicyclic) bond motifs is 5. The van der Waals surface area contributed by atoms with Crippen LogP contribution in [-0.2, 0) is 15.2 Å². The molecule has 0 aromatic rings. The van der Waals surface area contributed by atoms with Gasteiger partial charge in [0.05, 0.1) is 0 Å². The number of piperidine rings is 1. The van der Waals surface area contributed by atoms with Crippen LogP contribution in [0.1, 0.15) is 58.8 Å². The molecule has 3 N–H and O–H groups in total. The van der Waals surface area contributed by atoms with Crippen molar-refractivity contribution in [1.82, 2.24) is 5.32 Å². The van der Waals surface area contributed by atoms with E-state index < -0.39 is 10.4 Å². The number of Topliss-reactive ketones (excluding diaryl/α,β-unsaturated/α-hetero) is 1. The lowest BCUT2D eigenvalue weighted by molar-refractivity contribution is -0.153. The van der Waals surface area contributed by atoms with Crippen molar-refractivity contribution in [2.75, 3.05) is 13.1 Å². The molecule has 1 saturated heterocycles. The molecular formula is C18H31NO5S. The van der Waals surface area contributed by atoms with Crippen LogP contribution in [0.3, 0.4) is 0 Å². The van der Waals surface area contributed by atoms with Gasteiger partial charge in [0.25, 0.3) is 0 Å². The topological polar surface area (TPSA) is 104 Å². The summed E-state index contributed by atoms with van der Waals surface area (Å²) in [6, 6.07) is 0. The van der Waals surface area contributed by atoms with Crippen molar-refractivity contribution in [3.63, 3.8) is 0 Å². The average molecular weight is 374 g/mol. The van der Waals surface area contributed by atoms with E-state index in [1.165, 1.54) is 38.5 Å². The summed E-state index contributed by atoms with van der Waals surface area (Å²) in [6.45, 7) is 7.13. The molecule has 6 atom stereocenters. The minimum Gasteiger partial charge on any atom is -0.316 e. The lowest BCUT2D eigenvalue weighted by Crippen LogP contribution is -2.59. The molecule has 0 aromatic carbocycles. The standard InChI is InChI=1S/C18H29NO.H2O4S/c1-17-7-3-4-14(17)13-6-5-12-11-19-9-8-18(12,2)16(13)15(20)10-17;1-5(2,3)4/h12-14,16,19H,3-11H2,1-2H3;(H2,1,2,3,4)/t12?,13-,14-,16+,17-,18-;/m0./s1. The summed E-state index contributed by atoms with van der Waals surface area (Å²) in [7, 11) is -4.67. The monoisotopic (exact) mass is 373 g/mol. The predicted molar refractivity (Wildman–Crippen MR) is 94.5 cm³/mol. The molecule has 25 heavy (non-hydrogen) atoms. The van der Waals surface area contributed by atoms with Crippen LogP contribution < -0.4 is 5.32 Å². The molecule has 6 nitrogen and oxygen atoms in total. The largest absolute Gasteiger partial charge is 0.394 e. The van der Waals surface area contributed by atoms with Crippen LogP contribution in [-0.4, -0.2) is 36.4 Å². The van der Waals surface area contributed by atoms with Crippen molar-refractivity contribution < 1.29 is 22.3 Å². The number of rotatable bonds is 0. The molecule has 3 saturated carbocycles. The Morgan fingerprint density at radius 3 is 2.48 bits per heavy atom. The summed E-state index contributed by atoms with van der Waals surface area (Å²) in [5, 5.41) is 3.56. The van der Waals surface area contributed by atoms with Gasteiger partial charge in [-0.15, -0.1) is 0 Å². The van der Waals surface area contributed by atoms with Gasteiger partial charge in [0.2, 0.25) is 0 Å². The molecule has 0 spiro atoms. The number of hydrogen-bond donors (Lipinski definition) is 3. The molecule has 7 heteroatoms. The van der Waals surface area contributed by atoms with E-state index in [2.05, 4.69) is 19.2 Å². The number of hydrogen-bond acceptors (Lipinski definition) is 4. The van der Waals surface area contributed by atoms with E-state index in [1.807, 2.05) is 0 Å². The van der Waals surface area contributed by atoms with E-state index >= 15 is 0 Å². The second kappa shape index (κ2) is 6.59. The van der Waals surface area contributed by atoms with Gasteiger partial charge in [0.1, 0.15) is 5.78 Å². The van der Waals surface area contributed by atoms with E-state index in [-0.39, 0.29) is 0 Å². The van der Waals surface area contributed by atoms with E-state index in [0.717, 1.165) is 31.3 Å². The molecule has 3 aliphatic carbocycles. The van der Waals surface area contributed by atoms with Crippen LogP contribution >= 0.6 is 0 Å². The summed E-state index contributed by atoms with van der Waals surface area (Å²) in [5.74, 6) is 3.32. The zero-order chi connectivity index (χ0) is 18.5. The molecule has 0 aromatic heterocycles. The summed E-state index contributed by atoms with van der Waals surface area (Å²) in [5.41, 5.74) is 0.656. The molecule has 1 heterocycles. The van der Waals surface area contributed by atoms with Crippen LogP contribution in [0.4, 0.5) is 0 Å². The zero-order valence-electron chi connectivity index (χ0n) is 15.2. The third-order valence-corrected chi connectivity index (χ3v) is 7.75. The van der Waals surface area contributed by atoms with Gasteiger partial charge >= 0.3 is 10.4 Å². The van der Waals surface area contributed by atoms with Gasteiger partial charge in [-0.1, -0.05) is 20.3 Å². The van der Waals surface area contributed by atoms with E-state index in [9.17, 15) is 4.79 Å². The van der Waals surface area contributed by atoms with Gasteiger partial charge in [0, 0.05) is 12.3 Å². The molecule has 1 unspecified atom stereocenters. The van der Waals surface area contributed by atoms with Gasteiger partial charge in [-0.25, -0.2) is 0 Å². The zero-order valence-corrected chi connectivity index (χ0v) is 16.0. The van der Waals surface area contributed by atoms with Crippen LogP contribution in [0, 0.1) is 34.5 Å². The van der Waals surface area contributed by atoms with Gasteiger partial charge in [-0.2, -0.15) is 8.42 Å². The van der Waals surface area contributed by atoms with Crippen molar-refractivity contribution in [3.8, 4) is 0 Å². The minimum absolute atomic E-state index is 0.301. The highest BCUT2D eigenvalue weighted by Crippen LogP contribution is 2.63. The third-order valence-electron chi connectivity index (χ3n) is 7.75. The number of carbonyl (C=O) groups excluding carboxylic acids is 1. The average Bonchev–Trinajstić information content (AvgIpc) is 2.85. The fourth-order valence-electron chi connectivity index (χ4n) is 6.72. The molecule has 4 fully saturated rings. The lowest BCUT2D eigenvalue weighted by atomic mass is 9.46. The second-order valence-corrected chi connectivity index (χ2v) is 10.0. The van der Waals surface area contributed by atoms with E-state index in [0.29, 0.717) is 28.4 Å². The van der Waals surface area contributed by atoms with Crippen molar-refractivity contribution in [3.05, 3.63) is 0 Å². The fourth-order valence-corrected chi connectivity index (χ4v) is 6.72. The third kappa shape index (κ3) is 3.66. The minimum atomic E-state index is -4.67. The van der Waals surface area contributed by atoms with Crippen molar-refractivity contribution in [2.24, 2.45) is 34.5 Å². The van der Waals surface area contributed by atoms with Crippen LogP contribution in [0.15, 0.2) is 0 Å². The van der Waals surface area contributed by atoms with Crippen molar-refractivity contribution in [1.29, 1.82) is 0 Å². The first-order chi connectivity index (χ1) is 11.5. The Morgan fingerprint density at radius 2 is 1.80 bits per heavy atom. The highest BCUT2D eigenvalue weighted by molar-refractivity contribution is 7.79. The SMILES string of the molecule is C[C@@]12CCC[C@H]1[C@@H]1CCC3CNCC[C@]3(C)[C@H]1C(=O)C2.O=S(=O)(O)O. The summed E-state index contributed by atoms with van der Waals surface area (Å²) >= 11 is 0. The quantitative estimate of drug-likeness (QED) is 0.564. The Labute approximate surface area is 150 Å². The molecule has 0 amide bonds. The molecular weight excluding hydrogens is 342 g/mol. The Hall–Kier alpha value is -0.500. The summed E-state index contributed by atoms with van der Waals surface area (Å²) in [4.78, 5) is 13.0. The maximum Gasteiger partial charge on any atom is 0.394 e. The summed E-state index contributed by atoms with van der Waals surface area (Å²) < 4.78 is 31.6. The number of carbonyl (C=O) groups is 1. The Morgan fingerprint density at radius 1 is 1.12 bits per heavy atom. The fraction of sp³-hybridized carbons (Fsp3) is 0.944. The normalized spacial score (nSPS) is 46.3. The first-order valence-electron chi connectivity index (χ1n) is 9.48. The van der Waals surface area contributed by atoms with Crippen molar-refractivity contribution >= 4 is 16.2 Å². The van der Waals surface area contributed by atoms with Crippen molar-refractivity contribution in [2.45, 2.75) is 58.8 Å². The Kier molecular flexibility index (Phi) is 5.08. The Bertz CT molecular complexity index is 627. The van der Waals surface area contributed by atoms with Gasteiger partial charge < -0.3 is 5.32 Å². The smallest absolute Gasteiger partial charge is 0.316 e. The van der Waals surface area contributed by atoms with E-state index in [1.54, 1.807) is 0 Å². The number of ketones is 1. The van der Waals surface area contributed by atoms with Crippen LogP contribution in [0.2, 0.25) is 0 Å². The first kappa shape index (κ1) is 19.3. The molecule has 1 aliphatic heterocycles. The summed E-state index contributed by atoms with van der Waals surface area (Å²) in [6.07, 6.45) is 8.82. The molecule has 0 radical (unpaired) electrons. The van der Waals surface area contributed by atoms with Gasteiger partial charge in [0.15, 0.2) is 0 Å². The predicted octanol–water partition coefficient (Wildman–Crippen LogP) is 2.75. The van der Waals surface area contributed by atoms with Gasteiger partial charge in [-0.3, -0.25) is 13.9 Å². The second-order valence-electron chi connectivity index (χ2n) is 9.12. The highest BCUT2D eigenvalue weighted by atomic mass is 32.3. The maximum absolute atomic E-state index is 13.0. The lowest BCUT2D eigenvalue weighted by Gasteiger charge is -2.58. The highest BCUT2D eigenvalue weighted by Gasteiger charge is 2.60. The molecule has 4 rings (SSSR count). The molecule has 0 bridgehead atoms. The molecule has 144 valence electrons. The maximum atomic E-state index is 13.0. The van der Waals surface area contributed by atoms with Gasteiger partial charge in [-0.05, 0) is 73.8 Å². The van der Waals surface area contributed by atoms with Crippen LogP contribution in [0.5, 0.6) is 0 Å². The van der Waals surface area contributed by atoms with Crippen LogP contribution in [0.25, 0.3) is 0 Å².